The zero-order chi connectivity index (χ0) is 13.9. The van der Waals surface area contributed by atoms with Crippen molar-refractivity contribution in [3.8, 4) is 11.5 Å². The van der Waals surface area contributed by atoms with Crippen molar-refractivity contribution in [2.45, 2.75) is 13.5 Å². The first-order valence-corrected chi connectivity index (χ1v) is 6.35. The second-order valence-corrected chi connectivity index (χ2v) is 4.55. The van der Waals surface area contributed by atoms with Crippen molar-refractivity contribution >= 4 is 10.9 Å². The number of hydrogen-bond donors (Lipinski definition) is 1. The molecule has 0 unspecified atom stereocenters. The van der Waals surface area contributed by atoms with Crippen LogP contribution >= 0.6 is 0 Å². The van der Waals surface area contributed by atoms with Gasteiger partial charge in [0.2, 0.25) is 0 Å². The maximum atomic E-state index is 9.33. The topological polar surface area (TPSA) is 55.2 Å². The van der Waals surface area contributed by atoms with Crippen LogP contribution in [0.15, 0.2) is 48.8 Å². The van der Waals surface area contributed by atoms with E-state index in [0.717, 1.165) is 16.6 Å². The molecule has 0 aliphatic carbocycles. The van der Waals surface area contributed by atoms with Gasteiger partial charge in [-0.2, -0.15) is 0 Å². The van der Waals surface area contributed by atoms with Crippen LogP contribution in [0.25, 0.3) is 10.9 Å². The Kier molecular flexibility index (Phi) is 3.31. The molecular formula is C16H14N2O2. The fourth-order valence-corrected chi connectivity index (χ4v) is 2.01. The Hall–Kier alpha value is -2.46. The first kappa shape index (κ1) is 12.6. The van der Waals surface area contributed by atoms with Crippen molar-refractivity contribution in [2.75, 3.05) is 0 Å². The summed E-state index contributed by atoms with van der Waals surface area (Å²) in [4.78, 5) is 8.45. The van der Waals surface area contributed by atoms with E-state index < -0.39 is 0 Å². The molecule has 0 bridgehead atoms. The van der Waals surface area contributed by atoms with Gasteiger partial charge in [-0.15, -0.1) is 0 Å². The lowest BCUT2D eigenvalue weighted by atomic mass is 10.2. The molecule has 0 amide bonds. The van der Waals surface area contributed by atoms with Crippen molar-refractivity contribution in [1.29, 1.82) is 0 Å². The normalized spacial score (nSPS) is 10.7. The van der Waals surface area contributed by atoms with E-state index in [-0.39, 0.29) is 6.61 Å². The molecule has 4 heteroatoms. The Labute approximate surface area is 116 Å². The highest BCUT2D eigenvalue weighted by Gasteiger charge is 2.06. The van der Waals surface area contributed by atoms with Crippen LogP contribution in [0.3, 0.4) is 0 Å². The second-order valence-electron chi connectivity index (χ2n) is 4.55. The average molecular weight is 266 g/mol. The largest absolute Gasteiger partial charge is 0.457 e. The molecule has 0 atom stereocenters. The monoisotopic (exact) mass is 266 g/mol. The summed E-state index contributed by atoms with van der Waals surface area (Å²) in [7, 11) is 0. The number of fused-ring (bicyclic) bond motifs is 1. The Balaban J connectivity index is 1.98. The average Bonchev–Trinajstić information content (AvgIpc) is 2.47. The van der Waals surface area contributed by atoms with Gasteiger partial charge >= 0.3 is 0 Å². The van der Waals surface area contributed by atoms with Gasteiger partial charge in [0.1, 0.15) is 11.5 Å². The molecule has 100 valence electrons. The molecule has 1 N–H and O–H groups in total. The molecule has 1 aromatic carbocycles. The quantitative estimate of drug-likeness (QED) is 0.790. The van der Waals surface area contributed by atoms with Crippen LogP contribution in [-0.2, 0) is 6.61 Å². The minimum atomic E-state index is -0.103. The van der Waals surface area contributed by atoms with Crippen molar-refractivity contribution in [3.63, 3.8) is 0 Å². The maximum Gasteiger partial charge on any atom is 0.136 e. The number of aliphatic hydroxyl groups excluding tert-OH is 1. The van der Waals surface area contributed by atoms with Crippen LogP contribution in [0.5, 0.6) is 11.5 Å². The molecule has 2 aromatic heterocycles. The van der Waals surface area contributed by atoms with Gasteiger partial charge in [0, 0.05) is 41.2 Å². The summed E-state index contributed by atoms with van der Waals surface area (Å²) < 4.78 is 5.85. The Morgan fingerprint density at radius 1 is 1.15 bits per heavy atom. The molecular weight excluding hydrogens is 252 g/mol. The van der Waals surface area contributed by atoms with Crippen molar-refractivity contribution in [1.82, 2.24) is 9.97 Å². The summed E-state index contributed by atoms with van der Waals surface area (Å²) in [5, 5.41) is 10.4. The van der Waals surface area contributed by atoms with E-state index >= 15 is 0 Å². The molecule has 0 spiro atoms. The highest BCUT2D eigenvalue weighted by molar-refractivity contribution is 5.79. The number of pyridine rings is 2. The van der Waals surface area contributed by atoms with Gasteiger partial charge in [-0.05, 0) is 25.1 Å². The van der Waals surface area contributed by atoms with Gasteiger partial charge in [0.25, 0.3) is 0 Å². The minimum Gasteiger partial charge on any atom is -0.457 e. The smallest absolute Gasteiger partial charge is 0.136 e. The molecule has 3 aromatic rings. The molecule has 0 saturated heterocycles. The van der Waals surface area contributed by atoms with Crippen molar-refractivity contribution in [3.05, 3.63) is 60.0 Å². The van der Waals surface area contributed by atoms with Crippen molar-refractivity contribution < 1.29 is 9.84 Å². The molecule has 2 heterocycles. The van der Waals surface area contributed by atoms with Crippen LogP contribution < -0.4 is 4.74 Å². The number of hydrogen-bond acceptors (Lipinski definition) is 4. The lowest BCUT2D eigenvalue weighted by Gasteiger charge is -2.10. The third-order valence-electron chi connectivity index (χ3n) is 3.06. The Morgan fingerprint density at radius 3 is 2.90 bits per heavy atom. The molecule has 0 aliphatic heterocycles. The zero-order valence-corrected chi connectivity index (χ0v) is 11.1. The zero-order valence-electron chi connectivity index (χ0n) is 11.1. The van der Waals surface area contributed by atoms with Crippen LogP contribution in [0.2, 0.25) is 0 Å². The van der Waals surface area contributed by atoms with E-state index in [1.54, 1.807) is 12.4 Å². The molecule has 0 radical (unpaired) electrons. The van der Waals surface area contributed by atoms with Crippen molar-refractivity contribution in [2.24, 2.45) is 0 Å². The predicted octanol–water partition coefficient (Wildman–Crippen LogP) is 3.22. The van der Waals surface area contributed by atoms with E-state index in [1.807, 2.05) is 43.3 Å². The van der Waals surface area contributed by atoms with E-state index in [0.29, 0.717) is 17.1 Å². The molecule has 20 heavy (non-hydrogen) atoms. The van der Waals surface area contributed by atoms with Gasteiger partial charge in [-0.25, -0.2) is 0 Å². The number of nitrogens with zero attached hydrogens (tertiary/aromatic N) is 2. The van der Waals surface area contributed by atoms with E-state index in [2.05, 4.69) is 9.97 Å². The maximum absolute atomic E-state index is 9.33. The number of aromatic nitrogens is 2. The molecule has 0 saturated carbocycles. The van der Waals surface area contributed by atoms with E-state index in [4.69, 9.17) is 4.74 Å². The van der Waals surface area contributed by atoms with Gasteiger partial charge in [-0.3, -0.25) is 9.97 Å². The number of benzene rings is 1. The number of ether oxygens (including phenoxy) is 1. The summed E-state index contributed by atoms with van der Waals surface area (Å²) in [6.45, 7) is 1.78. The highest BCUT2D eigenvalue weighted by Crippen LogP contribution is 2.27. The summed E-state index contributed by atoms with van der Waals surface area (Å²) >= 11 is 0. The van der Waals surface area contributed by atoms with E-state index in [9.17, 15) is 5.11 Å². The Morgan fingerprint density at radius 2 is 2.05 bits per heavy atom. The lowest BCUT2D eigenvalue weighted by molar-refractivity contribution is 0.276. The third-order valence-corrected chi connectivity index (χ3v) is 3.06. The van der Waals surface area contributed by atoms with Crippen LogP contribution in [0.4, 0.5) is 0 Å². The first-order chi connectivity index (χ1) is 9.76. The van der Waals surface area contributed by atoms with Gasteiger partial charge in [-0.1, -0.05) is 6.07 Å². The molecule has 0 fully saturated rings. The van der Waals surface area contributed by atoms with Crippen LogP contribution in [-0.4, -0.2) is 15.1 Å². The molecule has 0 aliphatic rings. The summed E-state index contributed by atoms with van der Waals surface area (Å²) in [6, 6.07) is 11.5. The predicted molar refractivity (Wildman–Crippen MR) is 76.7 cm³/mol. The molecule has 3 rings (SSSR count). The number of rotatable bonds is 3. The van der Waals surface area contributed by atoms with E-state index in [1.165, 1.54) is 0 Å². The third kappa shape index (κ3) is 2.46. The fourth-order valence-electron chi connectivity index (χ4n) is 2.01. The van der Waals surface area contributed by atoms with Gasteiger partial charge in [0.05, 0.1) is 12.1 Å². The summed E-state index contributed by atoms with van der Waals surface area (Å²) in [6.07, 6.45) is 3.38. The van der Waals surface area contributed by atoms with Crippen LogP contribution in [0.1, 0.15) is 11.3 Å². The molecule has 4 nitrogen and oxygen atoms in total. The second kappa shape index (κ2) is 5.27. The summed E-state index contributed by atoms with van der Waals surface area (Å²) in [5.74, 6) is 1.31. The lowest BCUT2D eigenvalue weighted by Crippen LogP contribution is -1.95. The Bertz CT molecular complexity index is 756. The fraction of sp³-hybridized carbons (Fsp3) is 0.125. The van der Waals surface area contributed by atoms with Gasteiger partial charge in [0.15, 0.2) is 0 Å². The SMILES string of the molecule is Cc1cc(Oc2ccc3cccnc3c2)c(CO)cn1. The summed E-state index contributed by atoms with van der Waals surface area (Å²) in [5.41, 5.74) is 2.38. The highest BCUT2D eigenvalue weighted by atomic mass is 16.5. The van der Waals surface area contributed by atoms with Gasteiger partial charge < -0.3 is 9.84 Å². The minimum absolute atomic E-state index is 0.103. The standard InChI is InChI=1S/C16H14N2O2/c1-11-7-16(13(10-19)9-18-11)20-14-5-4-12-3-2-6-17-15(12)8-14/h2-9,19H,10H2,1H3. The van der Waals surface area contributed by atoms with Crippen LogP contribution in [0, 0.1) is 6.92 Å². The first-order valence-electron chi connectivity index (χ1n) is 6.35. The number of aliphatic hydroxyl groups is 1. The number of aryl methyl sites for hydroxylation is 1.